The zero-order valence-electron chi connectivity index (χ0n) is 9.37. The van der Waals surface area contributed by atoms with Gasteiger partial charge in [0.15, 0.2) is 0 Å². The highest BCUT2D eigenvalue weighted by Gasteiger charge is 2.41. The molecule has 2 rings (SSSR count). The first kappa shape index (κ1) is 12.9. The maximum atomic E-state index is 13.1. The number of nitrogens with two attached hydrogens (primary N) is 1. The molecule has 0 saturated heterocycles. The number of nitrogens with zero attached hydrogens (tertiary/aromatic N) is 1. The average Bonchev–Trinajstić information content (AvgIpc) is 2.59. The van der Waals surface area contributed by atoms with Crippen LogP contribution in [0.15, 0.2) is 22.9 Å². The number of alkyl halides is 2. The highest BCUT2D eigenvalue weighted by Crippen LogP contribution is 2.40. The molecule has 94 valence electrons. The van der Waals surface area contributed by atoms with Crippen LogP contribution in [0, 0.1) is 5.92 Å². The predicted octanol–water partition coefficient (Wildman–Crippen LogP) is 3.15. The minimum absolute atomic E-state index is 0.0257. The fraction of sp³-hybridized carbons (Fsp3) is 0.583. The van der Waals surface area contributed by atoms with Crippen molar-refractivity contribution in [1.82, 2.24) is 4.98 Å². The third-order valence-corrected chi connectivity index (χ3v) is 3.71. The van der Waals surface area contributed by atoms with Gasteiger partial charge in [0.05, 0.1) is 0 Å². The average molecular weight is 305 g/mol. The lowest BCUT2D eigenvalue weighted by molar-refractivity contribution is 0.00393. The molecule has 2 atom stereocenters. The minimum atomic E-state index is -2.52. The number of hydrogen-bond donors (Lipinski definition) is 1. The Labute approximate surface area is 108 Å². The van der Waals surface area contributed by atoms with Crippen molar-refractivity contribution in [3.63, 3.8) is 0 Å². The molecule has 0 aromatic carbocycles. The van der Waals surface area contributed by atoms with Gasteiger partial charge in [-0.1, -0.05) is 0 Å². The molecule has 1 aliphatic rings. The van der Waals surface area contributed by atoms with Crippen molar-refractivity contribution in [1.29, 1.82) is 0 Å². The summed E-state index contributed by atoms with van der Waals surface area (Å²) in [7, 11) is 0. The lowest BCUT2D eigenvalue weighted by Crippen LogP contribution is -2.31. The minimum Gasteiger partial charge on any atom is -0.327 e. The first-order valence-electron chi connectivity index (χ1n) is 5.69. The van der Waals surface area contributed by atoms with Crippen molar-refractivity contribution in [3.05, 3.63) is 28.5 Å². The van der Waals surface area contributed by atoms with Gasteiger partial charge in [-0.05, 0) is 46.3 Å². The van der Waals surface area contributed by atoms with Crippen LogP contribution in [-0.2, 0) is 6.42 Å². The maximum Gasteiger partial charge on any atom is 0.248 e. The second kappa shape index (κ2) is 4.98. The van der Waals surface area contributed by atoms with Crippen molar-refractivity contribution in [2.24, 2.45) is 11.7 Å². The van der Waals surface area contributed by atoms with Crippen molar-refractivity contribution < 1.29 is 8.78 Å². The quantitative estimate of drug-likeness (QED) is 0.931. The van der Waals surface area contributed by atoms with E-state index in [1.54, 1.807) is 12.4 Å². The van der Waals surface area contributed by atoms with E-state index in [0.717, 1.165) is 10.0 Å². The van der Waals surface area contributed by atoms with Gasteiger partial charge in [0.25, 0.3) is 0 Å². The summed E-state index contributed by atoms with van der Waals surface area (Å²) in [6, 6.07) is 1.72. The fourth-order valence-electron chi connectivity index (χ4n) is 2.36. The van der Waals surface area contributed by atoms with E-state index in [9.17, 15) is 8.78 Å². The van der Waals surface area contributed by atoms with Crippen LogP contribution in [-0.4, -0.2) is 16.9 Å². The predicted molar refractivity (Wildman–Crippen MR) is 65.9 cm³/mol. The van der Waals surface area contributed by atoms with E-state index >= 15 is 0 Å². The van der Waals surface area contributed by atoms with Crippen molar-refractivity contribution in [3.8, 4) is 0 Å². The van der Waals surface area contributed by atoms with Crippen LogP contribution >= 0.6 is 15.9 Å². The molecule has 2 N–H and O–H groups in total. The second-order valence-electron chi connectivity index (χ2n) is 4.74. The monoisotopic (exact) mass is 304 g/mol. The van der Waals surface area contributed by atoms with Crippen LogP contribution in [0.25, 0.3) is 0 Å². The Bertz CT molecular complexity index is 398. The van der Waals surface area contributed by atoms with Gasteiger partial charge < -0.3 is 5.73 Å². The van der Waals surface area contributed by atoms with Crippen LogP contribution in [0.1, 0.15) is 24.8 Å². The molecule has 1 saturated carbocycles. The lowest BCUT2D eigenvalue weighted by Gasteiger charge is -2.19. The maximum absolute atomic E-state index is 13.1. The molecule has 1 heterocycles. The van der Waals surface area contributed by atoms with Gasteiger partial charge >= 0.3 is 0 Å². The van der Waals surface area contributed by atoms with E-state index < -0.39 is 5.92 Å². The number of halogens is 3. The molecular formula is C12H15BrF2N2. The van der Waals surface area contributed by atoms with E-state index in [1.165, 1.54) is 0 Å². The summed E-state index contributed by atoms with van der Waals surface area (Å²) in [6.07, 6.45) is 4.46. The molecule has 1 aromatic heterocycles. The normalized spacial score (nSPS) is 24.8. The van der Waals surface area contributed by atoms with Gasteiger partial charge in [0.1, 0.15) is 0 Å². The molecular weight excluding hydrogens is 290 g/mol. The van der Waals surface area contributed by atoms with Gasteiger partial charge in [0, 0.05) is 35.7 Å². The van der Waals surface area contributed by atoms with E-state index in [2.05, 4.69) is 20.9 Å². The topological polar surface area (TPSA) is 38.9 Å². The summed E-state index contributed by atoms with van der Waals surface area (Å²) in [4.78, 5) is 4.04. The Morgan fingerprint density at radius 1 is 1.53 bits per heavy atom. The molecule has 1 fully saturated rings. The van der Waals surface area contributed by atoms with Crippen LogP contribution < -0.4 is 5.73 Å². The summed E-state index contributed by atoms with van der Waals surface area (Å²) >= 11 is 3.33. The summed E-state index contributed by atoms with van der Waals surface area (Å²) in [5.74, 6) is -2.60. The third-order valence-electron chi connectivity index (χ3n) is 3.28. The van der Waals surface area contributed by atoms with Gasteiger partial charge in [-0.2, -0.15) is 0 Å². The molecule has 2 unspecified atom stereocenters. The Morgan fingerprint density at radius 3 is 2.88 bits per heavy atom. The van der Waals surface area contributed by atoms with Gasteiger partial charge in [0.2, 0.25) is 5.92 Å². The summed E-state index contributed by atoms with van der Waals surface area (Å²) < 4.78 is 27.1. The number of pyridine rings is 1. The van der Waals surface area contributed by atoms with Crippen molar-refractivity contribution in [2.75, 3.05) is 0 Å². The Hall–Kier alpha value is -0.550. The summed E-state index contributed by atoms with van der Waals surface area (Å²) in [5, 5.41) is 0. The number of rotatable bonds is 3. The summed E-state index contributed by atoms with van der Waals surface area (Å²) in [6.45, 7) is 0. The molecule has 2 nitrogen and oxygen atoms in total. The molecule has 17 heavy (non-hydrogen) atoms. The Morgan fingerprint density at radius 2 is 2.29 bits per heavy atom. The van der Waals surface area contributed by atoms with Crippen molar-refractivity contribution in [2.45, 2.75) is 37.6 Å². The van der Waals surface area contributed by atoms with Crippen LogP contribution in [0.3, 0.4) is 0 Å². The molecule has 0 radical (unpaired) electrons. The number of aromatic nitrogens is 1. The smallest absolute Gasteiger partial charge is 0.248 e. The van der Waals surface area contributed by atoms with Crippen molar-refractivity contribution >= 4 is 15.9 Å². The highest BCUT2D eigenvalue weighted by atomic mass is 79.9. The lowest BCUT2D eigenvalue weighted by atomic mass is 9.93. The fourth-order valence-corrected chi connectivity index (χ4v) is 2.77. The molecule has 1 aromatic rings. The molecule has 0 amide bonds. The zero-order chi connectivity index (χ0) is 12.5. The zero-order valence-corrected chi connectivity index (χ0v) is 11.0. The Balaban J connectivity index is 1.96. The first-order chi connectivity index (χ1) is 7.96. The van der Waals surface area contributed by atoms with Gasteiger partial charge in [-0.25, -0.2) is 8.78 Å². The molecule has 0 spiro atoms. The van der Waals surface area contributed by atoms with E-state index in [1.807, 2.05) is 6.07 Å². The van der Waals surface area contributed by atoms with E-state index in [-0.39, 0.29) is 24.8 Å². The highest BCUT2D eigenvalue weighted by molar-refractivity contribution is 9.10. The van der Waals surface area contributed by atoms with Gasteiger partial charge in [-0.3, -0.25) is 4.98 Å². The molecule has 0 bridgehead atoms. The SMILES string of the molecule is NC(Cc1cncc(Br)c1)C1CCC(F)(F)C1. The largest absolute Gasteiger partial charge is 0.327 e. The molecule has 1 aliphatic carbocycles. The molecule has 5 heteroatoms. The standard InChI is InChI=1S/C12H15BrF2N2/c13-10-3-8(6-17-7-10)4-11(16)9-1-2-12(14,15)5-9/h3,6-7,9,11H,1-2,4-5,16H2. The van der Waals surface area contributed by atoms with E-state index in [4.69, 9.17) is 5.73 Å². The van der Waals surface area contributed by atoms with Crippen LogP contribution in [0.5, 0.6) is 0 Å². The van der Waals surface area contributed by atoms with Crippen LogP contribution in [0.4, 0.5) is 8.78 Å². The van der Waals surface area contributed by atoms with Gasteiger partial charge in [-0.15, -0.1) is 0 Å². The summed E-state index contributed by atoms with van der Waals surface area (Å²) in [5.41, 5.74) is 6.99. The van der Waals surface area contributed by atoms with Crippen LogP contribution in [0.2, 0.25) is 0 Å². The number of hydrogen-bond acceptors (Lipinski definition) is 2. The van der Waals surface area contributed by atoms with E-state index in [0.29, 0.717) is 12.8 Å². The second-order valence-corrected chi connectivity index (χ2v) is 5.65. The first-order valence-corrected chi connectivity index (χ1v) is 6.48. The third kappa shape index (κ3) is 3.45. The Kier molecular flexibility index (Phi) is 3.78. The molecule has 0 aliphatic heterocycles.